The number of hydrogen-bond donors (Lipinski definition) is 0. The maximum Gasteiger partial charge on any atom is 0.169 e. The minimum Gasteiger partial charge on any atom is -0.309 e. The molecular weight excluding hydrogens is 559 g/mol. The standard InChI is InChI=1S/C29H19IN6/c1-34-28-27(33-30-34)29(32-17-31-28)36-24-14-8-6-12-20(24)22-15-21-19-11-5-7-13-23(19)35(25(21)16-26(22)36)18-9-3-2-4-10-18/h2-17H,1H3. The zero-order valence-corrected chi connectivity index (χ0v) is 21.5. The minimum atomic E-state index is -0.473. The predicted molar refractivity (Wildman–Crippen MR) is 155 cm³/mol. The monoisotopic (exact) mass is 578 g/mol. The van der Waals surface area contributed by atoms with Crippen molar-refractivity contribution in [1.29, 1.82) is 0 Å². The largest absolute Gasteiger partial charge is 0.309 e. The first kappa shape index (κ1) is 20.1. The fourth-order valence-corrected chi connectivity index (χ4v) is 7.00. The highest BCUT2D eigenvalue weighted by molar-refractivity contribution is 14.2. The fourth-order valence-electron chi connectivity index (χ4n) is 5.47. The molecule has 0 fully saturated rings. The van der Waals surface area contributed by atoms with Gasteiger partial charge >= 0.3 is 0 Å². The number of hydrogen-bond acceptors (Lipinski definition) is 4. The molecule has 0 saturated carbocycles. The summed E-state index contributed by atoms with van der Waals surface area (Å²) in [6.07, 6.45) is 1.66. The Kier molecular flexibility index (Phi) is 4.16. The third-order valence-electron chi connectivity index (χ3n) is 7.00. The number of anilines is 1. The van der Waals surface area contributed by atoms with Crippen molar-refractivity contribution in [2.45, 2.75) is 0 Å². The van der Waals surface area contributed by atoms with Crippen LogP contribution >= 0.6 is 21.3 Å². The van der Waals surface area contributed by atoms with E-state index in [-0.39, 0.29) is 0 Å². The molecule has 0 atom stereocenters. The lowest BCUT2D eigenvalue weighted by atomic mass is 10.1. The Balaban J connectivity index is 1.57. The fraction of sp³-hybridized carbons (Fsp3) is 0.0345. The molecule has 0 aliphatic carbocycles. The van der Waals surface area contributed by atoms with E-state index in [1.165, 1.54) is 32.6 Å². The highest BCUT2D eigenvalue weighted by Crippen LogP contribution is 2.45. The van der Waals surface area contributed by atoms with Gasteiger partial charge < -0.3 is 4.57 Å². The Labute approximate surface area is 216 Å². The molecule has 36 heavy (non-hydrogen) atoms. The second-order valence-corrected chi connectivity index (χ2v) is 11.3. The SMILES string of the molecule is CN1I=Nc2c1ncnc2-n1c2ccccc2c2cc3c4ccccc4n(-c4ccccc4)c3cc21. The van der Waals surface area contributed by atoms with E-state index < -0.39 is 21.3 Å². The molecule has 172 valence electrons. The molecule has 0 saturated heterocycles. The van der Waals surface area contributed by atoms with E-state index >= 15 is 0 Å². The van der Waals surface area contributed by atoms with Crippen molar-refractivity contribution >= 4 is 76.4 Å². The number of nitrogens with zero attached hydrogens (tertiary/aromatic N) is 6. The van der Waals surface area contributed by atoms with E-state index in [2.05, 4.69) is 115 Å². The average molecular weight is 578 g/mol. The van der Waals surface area contributed by atoms with Crippen molar-refractivity contribution < 1.29 is 0 Å². The number of benzene rings is 4. The Morgan fingerprint density at radius 1 is 0.583 bits per heavy atom. The van der Waals surface area contributed by atoms with Gasteiger partial charge in [-0.2, -0.15) is 3.15 Å². The van der Waals surface area contributed by atoms with E-state index in [1.54, 1.807) is 6.33 Å². The summed E-state index contributed by atoms with van der Waals surface area (Å²) in [5.41, 5.74) is 6.65. The highest BCUT2D eigenvalue weighted by atomic mass is 127. The van der Waals surface area contributed by atoms with Gasteiger partial charge in [0.1, 0.15) is 27.6 Å². The summed E-state index contributed by atoms with van der Waals surface area (Å²) in [4.78, 5) is 9.31. The van der Waals surface area contributed by atoms with Crippen LogP contribution in [0.5, 0.6) is 0 Å². The molecule has 6 nitrogen and oxygen atoms in total. The van der Waals surface area contributed by atoms with E-state index in [4.69, 9.17) is 8.13 Å². The van der Waals surface area contributed by atoms with E-state index in [0.717, 1.165) is 34.0 Å². The van der Waals surface area contributed by atoms with Gasteiger partial charge in [-0.05, 0) is 36.4 Å². The molecule has 4 heterocycles. The second-order valence-electron chi connectivity index (χ2n) is 8.93. The van der Waals surface area contributed by atoms with Crippen LogP contribution in [0.25, 0.3) is 55.1 Å². The molecule has 0 unspecified atom stereocenters. The molecule has 8 rings (SSSR count). The first-order valence-electron chi connectivity index (χ1n) is 11.8. The van der Waals surface area contributed by atoms with Gasteiger partial charge in [-0.25, -0.2) is 9.97 Å². The van der Waals surface area contributed by atoms with Crippen LogP contribution in [-0.4, -0.2) is 26.1 Å². The minimum absolute atomic E-state index is 0.473. The van der Waals surface area contributed by atoms with Crippen LogP contribution in [0.1, 0.15) is 0 Å². The number of para-hydroxylation sites is 3. The maximum atomic E-state index is 4.90. The van der Waals surface area contributed by atoms with Crippen molar-refractivity contribution in [3.8, 4) is 11.5 Å². The van der Waals surface area contributed by atoms with Crippen LogP contribution in [-0.2, 0) is 0 Å². The van der Waals surface area contributed by atoms with Crippen molar-refractivity contribution in [2.75, 3.05) is 10.2 Å². The van der Waals surface area contributed by atoms with Gasteiger partial charge in [0.15, 0.2) is 17.3 Å². The smallest absolute Gasteiger partial charge is 0.169 e. The van der Waals surface area contributed by atoms with Gasteiger partial charge in [0, 0.05) is 34.3 Å². The van der Waals surface area contributed by atoms with Gasteiger partial charge in [-0.1, -0.05) is 54.6 Å². The van der Waals surface area contributed by atoms with E-state index in [9.17, 15) is 0 Å². The molecule has 7 heteroatoms. The molecule has 7 aromatic rings. The number of aromatic nitrogens is 4. The molecule has 1 aliphatic heterocycles. The summed E-state index contributed by atoms with van der Waals surface area (Å²) in [5, 5.41) is 4.91. The van der Waals surface area contributed by atoms with Crippen LogP contribution in [0.2, 0.25) is 0 Å². The Morgan fingerprint density at radius 3 is 1.94 bits per heavy atom. The Morgan fingerprint density at radius 2 is 1.19 bits per heavy atom. The quantitative estimate of drug-likeness (QED) is 0.155. The lowest BCUT2D eigenvalue weighted by molar-refractivity contribution is 1.03. The first-order chi connectivity index (χ1) is 17.8. The molecule has 3 aromatic heterocycles. The molecule has 0 N–H and O–H groups in total. The summed E-state index contributed by atoms with van der Waals surface area (Å²) in [6, 6.07) is 32.5. The van der Waals surface area contributed by atoms with Crippen LogP contribution < -0.4 is 3.11 Å². The van der Waals surface area contributed by atoms with E-state index in [0.29, 0.717) is 0 Å². The second kappa shape index (κ2) is 7.44. The normalized spacial score (nSPS) is 13.2. The molecule has 0 radical (unpaired) electrons. The topological polar surface area (TPSA) is 51.2 Å². The summed E-state index contributed by atoms with van der Waals surface area (Å²) in [7, 11) is 2.06. The van der Waals surface area contributed by atoms with Gasteiger partial charge in [-0.3, -0.25) is 7.68 Å². The Hall–Kier alpha value is -4.11. The third kappa shape index (κ3) is 2.66. The van der Waals surface area contributed by atoms with Gasteiger partial charge in [0.05, 0.1) is 22.1 Å². The lowest BCUT2D eigenvalue weighted by Crippen LogP contribution is -2.04. The van der Waals surface area contributed by atoms with Crippen molar-refractivity contribution in [3.05, 3.63) is 97.3 Å². The van der Waals surface area contributed by atoms with Gasteiger partial charge in [0.25, 0.3) is 0 Å². The van der Waals surface area contributed by atoms with Gasteiger partial charge in [0.2, 0.25) is 0 Å². The summed E-state index contributed by atoms with van der Waals surface area (Å²) >= 11 is -0.473. The molecule has 0 bridgehead atoms. The van der Waals surface area contributed by atoms with E-state index in [1.807, 2.05) is 0 Å². The van der Waals surface area contributed by atoms with Gasteiger partial charge in [-0.15, -0.1) is 0 Å². The zero-order valence-electron chi connectivity index (χ0n) is 19.3. The van der Waals surface area contributed by atoms with Crippen LogP contribution in [0, 0.1) is 0 Å². The highest BCUT2D eigenvalue weighted by Gasteiger charge is 2.24. The molecule has 4 aromatic carbocycles. The third-order valence-corrected chi connectivity index (χ3v) is 8.81. The lowest BCUT2D eigenvalue weighted by Gasteiger charge is -2.12. The number of fused-ring (bicyclic) bond motifs is 7. The predicted octanol–water partition coefficient (Wildman–Crippen LogP) is 7.82. The molecular formula is C29H19IN6. The van der Waals surface area contributed by atoms with Crippen LogP contribution in [0.15, 0.2) is 100 Å². The summed E-state index contributed by atoms with van der Waals surface area (Å²) in [6.45, 7) is 0. The average Bonchev–Trinajstić information content (AvgIpc) is 3.57. The molecule has 1 aliphatic rings. The van der Waals surface area contributed by atoms with Crippen molar-refractivity contribution in [2.24, 2.45) is 3.15 Å². The molecule has 0 spiro atoms. The molecule has 0 amide bonds. The van der Waals surface area contributed by atoms with Crippen LogP contribution in [0.4, 0.5) is 11.5 Å². The summed E-state index contributed by atoms with van der Waals surface area (Å²) < 4.78 is 11.7. The number of rotatable bonds is 2. The van der Waals surface area contributed by atoms with Crippen molar-refractivity contribution in [1.82, 2.24) is 19.1 Å². The van der Waals surface area contributed by atoms with Crippen molar-refractivity contribution in [3.63, 3.8) is 0 Å². The van der Waals surface area contributed by atoms with Crippen LogP contribution in [0.3, 0.4) is 0 Å². The first-order valence-corrected chi connectivity index (χ1v) is 13.7. The maximum absolute atomic E-state index is 4.90. The number of halogens is 1. The zero-order chi connectivity index (χ0) is 23.8. The summed E-state index contributed by atoms with van der Waals surface area (Å²) in [5.74, 6) is 1.76. The Bertz CT molecular complexity index is 2020.